The zero-order valence-electron chi connectivity index (χ0n) is 8.58. The van der Waals surface area contributed by atoms with E-state index < -0.39 is 5.82 Å². The molecule has 4 heteroatoms. The van der Waals surface area contributed by atoms with Gasteiger partial charge in [-0.25, -0.2) is 4.39 Å². The fourth-order valence-electron chi connectivity index (χ4n) is 1.41. The largest absolute Gasteiger partial charge is 0.289 e. The zero-order chi connectivity index (χ0) is 12.4. The van der Waals surface area contributed by atoms with E-state index in [2.05, 4.69) is 15.9 Å². The summed E-state index contributed by atoms with van der Waals surface area (Å²) in [7, 11) is 0. The van der Waals surface area contributed by atoms with Crippen LogP contribution in [0, 0.1) is 5.82 Å². The molecule has 0 atom stereocenters. The van der Waals surface area contributed by atoms with E-state index in [9.17, 15) is 9.18 Å². The maximum atomic E-state index is 13.0. The van der Waals surface area contributed by atoms with Crippen molar-refractivity contribution in [3.05, 3.63) is 68.9 Å². The van der Waals surface area contributed by atoms with E-state index in [0.29, 0.717) is 16.1 Å². The van der Waals surface area contributed by atoms with Gasteiger partial charge in [0.15, 0.2) is 5.78 Å². The molecule has 0 bridgehead atoms. The number of carbonyl (C=O) groups excluding carboxylic acids is 1. The van der Waals surface area contributed by atoms with Gasteiger partial charge in [0.25, 0.3) is 0 Å². The third kappa shape index (κ3) is 2.73. The number of benzene rings is 2. The Labute approximate surface area is 111 Å². The third-order valence-corrected chi connectivity index (χ3v) is 3.15. The zero-order valence-corrected chi connectivity index (χ0v) is 10.9. The quantitative estimate of drug-likeness (QED) is 0.748. The average Bonchev–Trinajstić information content (AvgIpc) is 2.33. The van der Waals surface area contributed by atoms with Crippen molar-refractivity contribution in [1.29, 1.82) is 0 Å². The lowest BCUT2D eigenvalue weighted by Gasteiger charge is -2.02. The summed E-state index contributed by atoms with van der Waals surface area (Å²) in [5.74, 6) is -0.556. The van der Waals surface area contributed by atoms with E-state index in [-0.39, 0.29) is 10.3 Å². The van der Waals surface area contributed by atoms with Gasteiger partial charge in [-0.2, -0.15) is 0 Å². The van der Waals surface area contributed by atoms with Gasteiger partial charge in [0, 0.05) is 16.1 Å². The molecule has 2 aromatic carbocycles. The molecule has 0 heterocycles. The number of hydrogen-bond acceptors (Lipinski definition) is 1. The summed E-state index contributed by atoms with van der Waals surface area (Å²) in [6, 6.07) is 10.8. The molecule has 0 N–H and O–H groups in total. The molecule has 0 unspecified atom stereocenters. The molecule has 0 aliphatic carbocycles. The third-order valence-electron chi connectivity index (χ3n) is 2.29. The fraction of sp³-hybridized carbons (Fsp3) is 0. The van der Waals surface area contributed by atoms with Crippen LogP contribution in [-0.2, 0) is 0 Å². The number of rotatable bonds is 2. The van der Waals surface area contributed by atoms with Gasteiger partial charge in [-0.1, -0.05) is 11.6 Å². The van der Waals surface area contributed by atoms with Crippen LogP contribution in [0.4, 0.5) is 4.39 Å². The first-order valence-electron chi connectivity index (χ1n) is 4.83. The van der Waals surface area contributed by atoms with Crippen LogP contribution in [0.15, 0.2) is 46.9 Å². The molecule has 1 nitrogen and oxygen atoms in total. The van der Waals surface area contributed by atoms with Crippen LogP contribution in [0.5, 0.6) is 0 Å². The Morgan fingerprint density at radius 2 is 1.65 bits per heavy atom. The number of carbonyl (C=O) groups is 1. The predicted molar refractivity (Wildman–Crippen MR) is 69.0 cm³/mol. The van der Waals surface area contributed by atoms with E-state index in [1.807, 2.05) is 0 Å². The minimum atomic E-state index is -0.391. The molecule has 17 heavy (non-hydrogen) atoms. The minimum absolute atomic E-state index is 0.164. The van der Waals surface area contributed by atoms with Gasteiger partial charge in [0.1, 0.15) is 5.82 Å². The fourth-order valence-corrected chi connectivity index (χ4v) is 1.91. The highest BCUT2D eigenvalue weighted by atomic mass is 79.9. The van der Waals surface area contributed by atoms with Crippen molar-refractivity contribution in [2.45, 2.75) is 0 Å². The molecule has 2 rings (SSSR count). The van der Waals surface area contributed by atoms with Crippen molar-refractivity contribution in [3.8, 4) is 0 Å². The van der Waals surface area contributed by atoms with Crippen molar-refractivity contribution in [2.24, 2.45) is 0 Å². The van der Waals surface area contributed by atoms with Crippen LogP contribution in [0.3, 0.4) is 0 Å². The van der Waals surface area contributed by atoms with Crippen molar-refractivity contribution in [1.82, 2.24) is 0 Å². The van der Waals surface area contributed by atoms with Gasteiger partial charge < -0.3 is 0 Å². The van der Waals surface area contributed by atoms with Gasteiger partial charge in [-0.15, -0.1) is 0 Å². The second kappa shape index (κ2) is 4.98. The van der Waals surface area contributed by atoms with Gasteiger partial charge >= 0.3 is 0 Å². The molecule has 0 aliphatic heterocycles. The Morgan fingerprint density at radius 3 is 2.24 bits per heavy atom. The van der Waals surface area contributed by atoms with E-state index in [1.54, 1.807) is 24.3 Å². The predicted octanol–water partition coefficient (Wildman–Crippen LogP) is 4.47. The van der Waals surface area contributed by atoms with Crippen LogP contribution in [0.25, 0.3) is 0 Å². The molecule has 0 aliphatic rings. The van der Waals surface area contributed by atoms with E-state index in [0.717, 1.165) is 0 Å². The lowest BCUT2D eigenvalue weighted by Crippen LogP contribution is -2.01. The molecular formula is C13H7BrClFO. The van der Waals surface area contributed by atoms with Crippen molar-refractivity contribution >= 4 is 33.3 Å². The average molecular weight is 314 g/mol. The van der Waals surface area contributed by atoms with E-state index in [4.69, 9.17) is 11.6 Å². The van der Waals surface area contributed by atoms with Crippen LogP contribution in [0.1, 0.15) is 15.9 Å². The van der Waals surface area contributed by atoms with Gasteiger partial charge in [0.2, 0.25) is 0 Å². The standard InChI is InChI=1S/C13H7BrClFO/c14-11-7-9(3-6-12(11)16)13(17)8-1-4-10(15)5-2-8/h1-7H. The van der Waals surface area contributed by atoms with E-state index in [1.165, 1.54) is 18.2 Å². The van der Waals surface area contributed by atoms with Crippen molar-refractivity contribution in [3.63, 3.8) is 0 Å². The number of halogens is 3. The first-order valence-corrected chi connectivity index (χ1v) is 6.00. The molecule has 2 aromatic rings. The van der Waals surface area contributed by atoms with Crippen molar-refractivity contribution in [2.75, 3.05) is 0 Å². The Bertz CT molecular complexity index is 566. The summed E-state index contributed by atoms with van der Waals surface area (Å²) in [6.45, 7) is 0. The van der Waals surface area contributed by atoms with E-state index >= 15 is 0 Å². The summed E-state index contributed by atoms with van der Waals surface area (Å²) >= 11 is 8.79. The van der Waals surface area contributed by atoms with Gasteiger partial charge in [0.05, 0.1) is 4.47 Å². The summed E-state index contributed by atoms with van der Waals surface area (Å²) < 4.78 is 13.3. The lowest BCUT2D eigenvalue weighted by atomic mass is 10.0. The highest BCUT2D eigenvalue weighted by Gasteiger charge is 2.10. The summed E-state index contributed by atoms with van der Waals surface area (Å²) in [5.41, 5.74) is 0.952. The summed E-state index contributed by atoms with van der Waals surface area (Å²) in [4.78, 5) is 12.0. The summed E-state index contributed by atoms with van der Waals surface area (Å²) in [6.07, 6.45) is 0. The highest BCUT2D eigenvalue weighted by Crippen LogP contribution is 2.20. The number of ketones is 1. The van der Waals surface area contributed by atoms with Crippen LogP contribution >= 0.6 is 27.5 Å². The molecule has 0 amide bonds. The van der Waals surface area contributed by atoms with Gasteiger partial charge in [-0.05, 0) is 58.4 Å². The Balaban J connectivity index is 2.37. The maximum Gasteiger partial charge on any atom is 0.193 e. The van der Waals surface area contributed by atoms with Gasteiger partial charge in [-0.3, -0.25) is 4.79 Å². The lowest BCUT2D eigenvalue weighted by molar-refractivity contribution is 0.103. The molecule has 86 valence electrons. The second-order valence-corrected chi connectivity index (χ2v) is 4.76. The Morgan fingerprint density at radius 1 is 1.06 bits per heavy atom. The highest BCUT2D eigenvalue weighted by molar-refractivity contribution is 9.10. The molecule has 0 saturated carbocycles. The molecule has 0 aromatic heterocycles. The molecule has 0 spiro atoms. The second-order valence-electron chi connectivity index (χ2n) is 3.46. The number of hydrogen-bond donors (Lipinski definition) is 0. The molecule has 0 saturated heterocycles. The monoisotopic (exact) mass is 312 g/mol. The topological polar surface area (TPSA) is 17.1 Å². The first kappa shape index (κ1) is 12.3. The Kier molecular flexibility index (Phi) is 3.60. The van der Waals surface area contributed by atoms with Crippen LogP contribution < -0.4 is 0 Å². The molecule has 0 radical (unpaired) electrons. The van der Waals surface area contributed by atoms with Crippen LogP contribution in [-0.4, -0.2) is 5.78 Å². The van der Waals surface area contributed by atoms with Crippen molar-refractivity contribution < 1.29 is 9.18 Å². The SMILES string of the molecule is O=C(c1ccc(Cl)cc1)c1ccc(F)c(Br)c1. The maximum absolute atomic E-state index is 13.0. The minimum Gasteiger partial charge on any atom is -0.289 e. The van der Waals surface area contributed by atoms with Crippen LogP contribution in [0.2, 0.25) is 5.02 Å². The molecular weight excluding hydrogens is 306 g/mol. The smallest absolute Gasteiger partial charge is 0.193 e. The normalized spacial score (nSPS) is 10.3. The first-order chi connectivity index (χ1) is 8.08. The molecule has 0 fully saturated rings. The Hall–Kier alpha value is -1.19. The summed E-state index contributed by atoms with van der Waals surface area (Å²) in [5, 5.41) is 0.571.